The van der Waals surface area contributed by atoms with E-state index in [1.807, 2.05) is 13.0 Å². The molecule has 0 spiro atoms. The van der Waals surface area contributed by atoms with E-state index in [1.54, 1.807) is 33.0 Å². The normalized spacial score (nSPS) is 12.8. The Labute approximate surface area is 151 Å². The molecule has 142 valence electrons. The number of esters is 1. The Morgan fingerprint density at radius 1 is 1.38 bits per heavy atom. The molecule has 2 heterocycles. The van der Waals surface area contributed by atoms with Crippen LogP contribution in [0, 0.1) is 0 Å². The van der Waals surface area contributed by atoms with Crippen LogP contribution in [0.5, 0.6) is 0 Å². The van der Waals surface area contributed by atoms with Crippen molar-refractivity contribution in [3.05, 3.63) is 46.1 Å². The average Bonchev–Trinajstić information content (AvgIpc) is 3.00. The molecule has 0 saturated heterocycles. The van der Waals surface area contributed by atoms with Gasteiger partial charge < -0.3 is 9.30 Å². The van der Waals surface area contributed by atoms with Crippen LogP contribution in [0.15, 0.2) is 29.3 Å². The van der Waals surface area contributed by atoms with E-state index in [9.17, 15) is 14.0 Å². The predicted octanol–water partition coefficient (Wildman–Crippen LogP) is 2.39. The van der Waals surface area contributed by atoms with Gasteiger partial charge in [0.05, 0.1) is 12.7 Å². The molecule has 2 aromatic rings. The fourth-order valence-electron chi connectivity index (χ4n) is 2.34. The molecular formula is C18H25FN4O3. The van der Waals surface area contributed by atoms with Crippen molar-refractivity contribution in [2.45, 2.75) is 65.4 Å². The molecule has 2 rings (SSSR count). The van der Waals surface area contributed by atoms with Gasteiger partial charge in [0.2, 0.25) is 0 Å². The molecule has 1 atom stereocenters. The minimum absolute atomic E-state index is 0.0403. The number of aryl methyl sites for hydroxylation is 2. The van der Waals surface area contributed by atoms with E-state index in [0.717, 1.165) is 12.0 Å². The Balaban J connectivity index is 1.89. The number of aromatic nitrogens is 4. The Morgan fingerprint density at radius 3 is 2.73 bits per heavy atom. The first-order valence-electron chi connectivity index (χ1n) is 8.65. The fourth-order valence-corrected chi connectivity index (χ4v) is 2.34. The van der Waals surface area contributed by atoms with E-state index in [1.165, 1.54) is 15.4 Å². The Hall–Kier alpha value is -2.51. The molecule has 8 heteroatoms. The minimum atomic E-state index is -1.22. The second kappa shape index (κ2) is 8.25. The first-order chi connectivity index (χ1) is 12.2. The Bertz CT molecular complexity index is 807. The molecule has 0 aromatic carbocycles. The highest BCUT2D eigenvalue weighted by molar-refractivity contribution is 5.87. The minimum Gasteiger partial charge on any atom is -0.455 e. The van der Waals surface area contributed by atoms with Crippen molar-refractivity contribution in [3.63, 3.8) is 0 Å². The van der Waals surface area contributed by atoms with Crippen LogP contribution in [0.3, 0.4) is 0 Å². The molecule has 0 saturated carbocycles. The number of carbonyl (C=O) groups excluding carboxylic acids is 1. The summed E-state index contributed by atoms with van der Waals surface area (Å²) in [4.78, 5) is 23.8. The summed E-state index contributed by atoms with van der Waals surface area (Å²) >= 11 is 0. The molecule has 1 unspecified atom stereocenters. The monoisotopic (exact) mass is 364 g/mol. The van der Waals surface area contributed by atoms with E-state index < -0.39 is 17.7 Å². The summed E-state index contributed by atoms with van der Waals surface area (Å²) in [5.74, 6) is -0.596. The molecule has 0 aliphatic heterocycles. The largest absolute Gasteiger partial charge is 0.455 e. The van der Waals surface area contributed by atoms with Crippen LogP contribution in [0.25, 0.3) is 0 Å². The highest BCUT2D eigenvalue weighted by atomic mass is 19.1. The van der Waals surface area contributed by atoms with Crippen molar-refractivity contribution in [2.75, 3.05) is 0 Å². The SMILES string of the molecule is CCc1ccn(CCC(F)Cn2cc(C(=O)OC(C)(C)C)nn2)c(=O)c1. The highest BCUT2D eigenvalue weighted by Gasteiger charge is 2.21. The van der Waals surface area contributed by atoms with Gasteiger partial charge in [-0.2, -0.15) is 0 Å². The van der Waals surface area contributed by atoms with Gasteiger partial charge in [0.1, 0.15) is 11.8 Å². The molecule has 0 amide bonds. The second-order valence-electron chi connectivity index (χ2n) is 7.13. The number of alkyl halides is 1. The van der Waals surface area contributed by atoms with Crippen LogP contribution in [0.4, 0.5) is 4.39 Å². The first-order valence-corrected chi connectivity index (χ1v) is 8.65. The summed E-state index contributed by atoms with van der Waals surface area (Å²) < 4.78 is 22.2. The zero-order valence-corrected chi connectivity index (χ0v) is 15.6. The number of halogens is 1. The zero-order valence-electron chi connectivity index (χ0n) is 15.6. The molecule has 2 aromatic heterocycles. The van der Waals surface area contributed by atoms with Crippen molar-refractivity contribution >= 4 is 5.97 Å². The van der Waals surface area contributed by atoms with Crippen LogP contribution in [-0.2, 0) is 24.2 Å². The van der Waals surface area contributed by atoms with Crippen molar-refractivity contribution in [3.8, 4) is 0 Å². The summed E-state index contributed by atoms with van der Waals surface area (Å²) in [7, 11) is 0. The lowest BCUT2D eigenvalue weighted by atomic mass is 10.2. The van der Waals surface area contributed by atoms with Gasteiger partial charge in [0.25, 0.3) is 5.56 Å². The number of carbonyl (C=O) groups is 1. The molecule has 0 fully saturated rings. The third kappa shape index (κ3) is 5.79. The summed E-state index contributed by atoms with van der Waals surface area (Å²) in [5.41, 5.74) is 0.229. The summed E-state index contributed by atoms with van der Waals surface area (Å²) in [5, 5.41) is 7.48. The Kier molecular flexibility index (Phi) is 6.28. The van der Waals surface area contributed by atoms with Crippen molar-refractivity contribution in [2.24, 2.45) is 0 Å². The number of pyridine rings is 1. The maximum Gasteiger partial charge on any atom is 0.361 e. The molecule has 0 bridgehead atoms. The molecule has 0 radical (unpaired) electrons. The number of nitrogens with zero attached hydrogens (tertiary/aromatic N) is 4. The Morgan fingerprint density at radius 2 is 2.12 bits per heavy atom. The number of hydrogen-bond donors (Lipinski definition) is 0. The second-order valence-corrected chi connectivity index (χ2v) is 7.13. The van der Waals surface area contributed by atoms with Crippen LogP contribution in [0.2, 0.25) is 0 Å². The summed E-state index contributed by atoms with van der Waals surface area (Å²) in [6.45, 7) is 7.46. The van der Waals surface area contributed by atoms with Crippen molar-refractivity contribution in [1.82, 2.24) is 19.6 Å². The van der Waals surface area contributed by atoms with Gasteiger partial charge in [-0.3, -0.25) is 4.79 Å². The quantitative estimate of drug-likeness (QED) is 0.705. The van der Waals surface area contributed by atoms with E-state index in [-0.39, 0.29) is 30.8 Å². The van der Waals surface area contributed by atoms with Gasteiger partial charge in [-0.05, 0) is 45.2 Å². The van der Waals surface area contributed by atoms with Gasteiger partial charge in [0.15, 0.2) is 5.69 Å². The van der Waals surface area contributed by atoms with Gasteiger partial charge >= 0.3 is 5.97 Å². The molecule has 0 aliphatic rings. The van der Waals surface area contributed by atoms with E-state index in [4.69, 9.17) is 4.74 Å². The summed E-state index contributed by atoms with van der Waals surface area (Å²) in [6.07, 6.45) is 2.77. The highest BCUT2D eigenvalue weighted by Crippen LogP contribution is 2.11. The van der Waals surface area contributed by atoms with Gasteiger partial charge in [-0.15, -0.1) is 5.10 Å². The number of rotatable bonds is 7. The van der Waals surface area contributed by atoms with Crippen molar-refractivity contribution in [1.29, 1.82) is 0 Å². The van der Waals surface area contributed by atoms with Gasteiger partial charge in [0, 0.05) is 18.8 Å². The smallest absolute Gasteiger partial charge is 0.361 e. The van der Waals surface area contributed by atoms with Gasteiger partial charge in [-0.1, -0.05) is 12.1 Å². The fraction of sp³-hybridized carbons (Fsp3) is 0.556. The first kappa shape index (κ1) is 19.8. The molecule has 7 nitrogen and oxygen atoms in total. The van der Waals surface area contributed by atoms with Crippen LogP contribution >= 0.6 is 0 Å². The third-order valence-corrected chi connectivity index (χ3v) is 3.68. The van der Waals surface area contributed by atoms with Crippen LogP contribution in [-0.4, -0.2) is 37.3 Å². The standard InChI is InChI=1S/C18H25FN4O3/c1-5-13-6-8-22(16(24)10-13)9-7-14(19)11-23-12-15(20-21-23)17(25)26-18(2,3)4/h6,8,10,12,14H,5,7,9,11H2,1-4H3. The maximum atomic E-state index is 14.2. The van der Waals surface area contributed by atoms with Crippen molar-refractivity contribution < 1.29 is 13.9 Å². The molecular weight excluding hydrogens is 339 g/mol. The number of ether oxygens (including phenoxy) is 1. The lowest BCUT2D eigenvalue weighted by molar-refractivity contribution is 0.00626. The average molecular weight is 364 g/mol. The predicted molar refractivity (Wildman–Crippen MR) is 94.8 cm³/mol. The lowest BCUT2D eigenvalue weighted by Gasteiger charge is -2.18. The molecule has 0 N–H and O–H groups in total. The molecule has 0 aliphatic carbocycles. The maximum absolute atomic E-state index is 14.2. The van der Waals surface area contributed by atoms with E-state index >= 15 is 0 Å². The topological polar surface area (TPSA) is 79.0 Å². The third-order valence-electron chi connectivity index (χ3n) is 3.68. The van der Waals surface area contributed by atoms with Gasteiger partial charge in [-0.25, -0.2) is 13.9 Å². The zero-order chi connectivity index (χ0) is 19.3. The molecule has 26 heavy (non-hydrogen) atoms. The van der Waals surface area contributed by atoms with E-state index in [2.05, 4.69) is 10.3 Å². The lowest BCUT2D eigenvalue weighted by Crippen LogP contribution is -2.24. The summed E-state index contributed by atoms with van der Waals surface area (Å²) in [6, 6.07) is 3.43. The van der Waals surface area contributed by atoms with E-state index in [0.29, 0.717) is 0 Å². The van der Waals surface area contributed by atoms with Crippen LogP contribution < -0.4 is 5.56 Å². The van der Waals surface area contributed by atoms with Crippen LogP contribution in [0.1, 0.15) is 50.2 Å². The number of hydrogen-bond acceptors (Lipinski definition) is 5.